The molecule has 132 valence electrons. The molecule has 1 atom stereocenters. The maximum absolute atomic E-state index is 12.5. The Balaban J connectivity index is 0.00000109. The Morgan fingerprint density at radius 1 is 1.16 bits per heavy atom. The number of aromatic nitrogens is 2. The fraction of sp³-hybridized carbons (Fsp3) is 0.368. The van der Waals surface area contributed by atoms with E-state index in [2.05, 4.69) is 9.97 Å². The van der Waals surface area contributed by atoms with E-state index < -0.39 is 11.9 Å². The lowest BCUT2D eigenvalue weighted by molar-refractivity contribution is -0.141. The second-order valence-corrected chi connectivity index (χ2v) is 5.73. The van der Waals surface area contributed by atoms with Crippen LogP contribution >= 0.6 is 0 Å². The molecule has 0 spiro atoms. The highest BCUT2D eigenvalue weighted by Gasteiger charge is 2.31. The van der Waals surface area contributed by atoms with Gasteiger partial charge in [0, 0.05) is 18.7 Å². The summed E-state index contributed by atoms with van der Waals surface area (Å²) in [5, 5.41) is 9.03. The van der Waals surface area contributed by atoms with E-state index in [1.54, 1.807) is 11.0 Å². The minimum Gasteiger partial charge on any atom is -0.481 e. The van der Waals surface area contributed by atoms with E-state index in [-0.39, 0.29) is 12.5 Å². The maximum Gasteiger partial charge on any atom is 0.308 e. The summed E-state index contributed by atoms with van der Waals surface area (Å²) < 4.78 is 0. The van der Waals surface area contributed by atoms with Crippen LogP contribution in [0.4, 0.5) is 0 Å². The predicted molar refractivity (Wildman–Crippen MR) is 95.2 cm³/mol. The molecule has 6 nitrogen and oxygen atoms in total. The van der Waals surface area contributed by atoms with E-state index in [1.807, 2.05) is 45.0 Å². The van der Waals surface area contributed by atoms with E-state index in [4.69, 9.17) is 5.11 Å². The fourth-order valence-electron chi connectivity index (χ4n) is 2.66. The van der Waals surface area contributed by atoms with E-state index in [9.17, 15) is 9.59 Å². The molecule has 0 radical (unpaired) electrons. The van der Waals surface area contributed by atoms with Crippen LogP contribution in [0.5, 0.6) is 0 Å². The number of carboxylic acids is 1. The minimum absolute atomic E-state index is 0.234. The topological polar surface area (TPSA) is 83.4 Å². The highest BCUT2D eigenvalue weighted by atomic mass is 16.4. The van der Waals surface area contributed by atoms with E-state index in [0.29, 0.717) is 24.4 Å². The van der Waals surface area contributed by atoms with Gasteiger partial charge >= 0.3 is 5.97 Å². The van der Waals surface area contributed by atoms with Gasteiger partial charge in [-0.2, -0.15) is 0 Å². The Kier molecular flexibility index (Phi) is 6.22. The molecule has 0 bridgehead atoms. The van der Waals surface area contributed by atoms with Crippen molar-refractivity contribution in [3.63, 3.8) is 0 Å². The first kappa shape index (κ1) is 18.6. The van der Waals surface area contributed by atoms with Gasteiger partial charge in [0.1, 0.15) is 12.0 Å². The molecule has 1 aliphatic rings. The number of nitrogens with zero attached hydrogens (tertiary/aromatic N) is 3. The summed E-state index contributed by atoms with van der Waals surface area (Å²) in [7, 11) is 0. The molecule has 2 aromatic rings. The largest absolute Gasteiger partial charge is 0.481 e. The molecule has 1 unspecified atom stereocenters. The number of carbonyl (C=O) groups excluding carboxylic acids is 1. The molecule has 1 aliphatic heterocycles. The zero-order valence-corrected chi connectivity index (χ0v) is 14.8. The second kappa shape index (κ2) is 8.37. The van der Waals surface area contributed by atoms with Gasteiger partial charge in [0.25, 0.3) is 5.91 Å². The zero-order chi connectivity index (χ0) is 18.4. The SMILES string of the molecule is CC.Cc1ccc(-c2cc(C(=O)N3CCC(C(=O)O)C3)ncn2)cc1. The van der Waals surface area contributed by atoms with Crippen molar-refractivity contribution in [2.75, 3.05) is 13.1 Å². The van der Waals surface area contributed by atoms with Crippen LogP contribution in [-0.2, 0) is 4.79 Å². The molecule has 2 heterocycles. The van der Waals surface area contributed by atoms with Gasteiger partial charge in [-0.3, -0.25) is 9.59 Å². The lowest BCUT2D eigenvalue weighted by Gasteiger charge is -2.15. The van der Waals surface area contributed by atoms with Crippen molar-refractivity contribution >= 4 is 11.9 Å². The first-order valence-corrected chi connectivity index (χ1v) is 8.46. The monoisotopic (exact) mass is 341 g/mol. The third-order valence-electron chi connectivity index (χ3n) is 4.06. The number of carboxylic acid groups (broad SMARTS) is 1. The van der Waals surface area contributed by atoms with Crippen molar-refractivity contribution in [1.29, 1.82) is 0 Å². The van der Waals surface area contributed by atoms with E-state index >= 15 is 0 Å². The van der Waals surface area contributed by atoms with Crippen LogP contribution in [0.25, 0.3) is 11.3 Å². The van der Waals surface area contributed by atoms with Gasteiger partial charge in [-0.1, -0.05) is 43.7 Å². The van der Waals surface area contributed by atoms with Crippen LogP contribution in [0.2, 0.25) is 0 Å². The molecule has 1 amide bonds. The van der Waals surface area contributed by atoms with Gasteiger partial charge < -0.3 is 10.0 Å². The van der Waals surface area contributed by atoms with Crippen molar-refractivity contribution in [1.82, 2.24) is 14.9 Å². The highest BCUT2D eigenvalue weighted by Crippen LogP contribution is 2.21. The van der Waals surface area contributed by atoms with Crippen LogP contribution in [0, 0.1) is 12.8 Å². The first-order valence-electron chi connectivity index (χ1n) is 8.46. The smallest absolute Gasteiger partial charge is 0.308 e. The molecule has 1 aromatic heterocycles. The van der Waals surface area contributed by atoms with E-state index in [1.165, 1.54) is 6.33 Å². The van der Waals surface area contributed by atoms with Crippen LogP contribution in [0.1, 0.15) is 36.3 Å². The van der Waals surface area contributed by atoms with Gasteiger partial charge in [0.05, 0.1) is 11.6 Å². The van der Waals surface area contributed by atoms with Gasteiger partial charge in [-0.15, -0.1) is 0 Å². The number of amides is 1. The molecule has 0 saturated carbocycles. The van der Waals surface area contributed by atoms with Crippen molar-refractivity contribution in [3.05, 3.63) is 47.9 Å². The quantitative estimate of drug-likeness (QED) is 0.928. The molecule has 1 aromatic carbocycles. The van der Waals surface area contributed by atoms with Crippen molar-refractivity contribution in [2.45, 2.75) is 27.2 Å². The maximum atomic E-state index is 12.5. The molecule has 25 heavy (non-hydrogen) atoms. The Hall–Kier alpha value is -2.76. The summed E-state index contributed by atoms with van der Waals surface area (Å²) in [5.74, 6) is -1.59. The number of aryl methyl sites for hydroxylation is 1. The van der Waals surface area contributed by atoms with E-state index in [0.717, 1.165) is 11.1 Å². The Bertz CT molecular complexity index is 744. The molecule has 1 fully saturated rings. The molecule has 6 heteroatoms. The molecule has 3 rings (SSSR count). The Morgan fingerprint density at radius 2 is 1.84 bits per heavy atom. The normalized spacial score (nSPS) is 16.1. The number of hydrogen-bond donors (Lipinski definition) is 1. The van der Waals surface area contributed by atoms with Crippen molar-refractivity contribution < 1.29 is 14.7 Å². The average Bonchev–Trinajstić information content (AvgIpc) is 3.14. The molecular formula is C19H23N3O3. The predicted octanol–water partition coefficient (Wildman–Crippen LogP) is 3.02. The van der Waals surface area contributed by atoms with Crippen molar-refractivity contribution in [3.8, 4) is 11.3 Å². The van der Waals surface area contributed by atoms with Crippen molar-refractivity contribution in [2.24, 2.45) is 5.92 Å². The average molecular weight is 341 g/mol. The standard InChI is InChI=1S/C17H17N3O3.C2H6/c1-11-2-4-12(5-3-11)14-8-15(19-10-18-14)16(21)20-7-6-13(9-20)17(22)23;1-2/h2-5,8,10,13H,6-7,9H2,1H3,(H,22,23);1-2H3. The van der Waals surface area contributed by atoms with Crippen LogP contribution < -0.4 is 0 Å². The Morgan fingerprint density at radius 3 is 2.44 bits per heavy atom. The summed E-state index contributed by atoms with van der Waals surface area (Å²) in [5.41, 5.74) is 3.03. The number of likely N-dealkylation sites (tertiary alicyclic amines) is 1. The summed E-state index contributed by atoms with van der Waals surface area (Å²) in [6, 6.07) is 9.51. The number of benzene rings is 1. The zero-order valence-electron chi connectivity index (χ0n) is 14.8. The number of aliphatic carboxylic acids is 1. The summed E-state index contributed by atoms with van der Waals surface area (Å²) in [6.45, 7) is 6.68. The number of hydrogen-bond acceptors (Lipinski definition) is 4. The first-order chi connectivity index (χ1) is 12.0. The minimum atomic E-state index is -0.858. The lowest BCUT2D eigenvalue weighted by atomic mass is 10.1. The third kappa shape index (κ3) is 4.41. The molecule has 0 aliphatic carbocycles. The van der Waals surface area contributed by atoms with Gasteiger partial charge in [0.15, 0.2) is 0 Å². The lowest BCUT2D eigenvalue weighted by Crippen LogP contribution is -2.30. The van der Waals surface area contributed by atoms with Gasteiger partial charge in [0.2, 0.25) is 0 Å². The Labute approximate surface area is 147 Å². The number of carbonyl (C=O) groups is 2. The molecule has 1 N–H and O–H groups in total. The molecule has 1 saturated heterocycles. The molecular weight excluding hydrogens is 318 g/mol. The van der Waals surface area contributed by atoms with Crippen LogP contribution in [0.15, 0.2) is 36.7 Å². The van der Waals surface area contributed by atoms with Gasteiger partial charge in [-0.25, -0.2) is 9.97 Å². The van der Waals surface area contributed by atoms with Gasteiger partial charge in [-0.05, 0) is 19.4 Å². The third-order valence-corrected chi connectivity index (χ3v) is 4.06. The summed E-state index contributed by atoms with van der Waals surface area (Å²) in [6.07, 6.45) is 1.85. The fourth-order valence-corrected chi connectivity index (χ4v) is 2.66. The summed E-state index contributed by atoms with van der Waals surface area (Å²) >= 11 is 0. The summed E-state index contributed by atoms with van der Waals surface area (Å²) in [4.78, 5) is 33.3. The van der Waals surface area contributed by atoms with Crippen LogP contribution in [0.3, 0.4) is 0 Å². The number of rotatable bonds is 3. The second-order valence-electron chi connectivity index (χ2n) is 5.73. The van der Waals surface area contributed by atoms with Crippen LogP contribution in [-0.4, -0.2) is 44.9 Å². The highest BCUT2D eigenvalue weighted by molar-refractivity contribution is 5.93.